The topological polar surface area (TPSA) is 92.3 Å². The SMILES string of the molecule is C[N+](C)(C)CCC(=O)Nc1ccc(NC(=O)CC[N+](C)(C)C)c2c1C(=O)c1ccccc1C2=O.[I-].[I-]. The first-order chi connectivity index (χ1) is 15.8. The molecule has 0 aromatic heterocycles. The van der Waals surface area contributed by atoms with Crippen LogP contribution in [0.1, 0.15) is 44.7 Å². The molecule has 1 aliphatic carbocycles. The van der Waals surface area contributed by atoms with Gasteiger partial charge >= 0.3 is 0 Å². The molecule has 10 heteroatoms. The second-order valence-corrected chi connectivity index (χ2v) is 10.7. The smallest absolute Gasteiger partial charge is 0.230 e. The number of nitrogens with zero attached hydrogens (tertiary/aromatic N) is 2. The first kappa shape index (κ1) is 32.1. The highest BCUT2D eigenvalue weighted by Crippen LogP contribution is 2.36. The molecule has 2 amide bonds. The zero-order chi connectivity index (χ0) is 25.3. The molecule has 2 aromatic carbocycles. The number of nitrogens with one attached hydrogen (secondary N) is 2. The Labute approximate surface area is 247 Å². The van der Waals surface area contributed by atoms with Crippen molar-refractivity contribution in [1.29, 1.82) is 0 Å². The fourth-order valence-corrected chi connectivity index (χ4v) is 3.73. The van der Waals surface area contributed by atoms with Gasteiger partial charge in [-0.05, 0) is 12.1 Å². The fourth-order valence-electron chi connectivity index (χ4n) is 3.73. The summed E-state index contributed by atoms with van der Waals surface area (Å²) in [6.07, 6.45) is 0.529. The summed E-state index contributed by atoms with van der Waals surface area (Å²) in [5.74, 6) is -1.19. The number of halogens is 2. The molecule has 0 radical (unpaired) electrons. The van der Waals surface area contributed by atoms with E-state index in [0.29, 0.717) is 22.1 Å². The molecule has 2 aromatic rings. The highest BCUT2D eigenvalue weighted by molar-refractivity contribution is 6.32. The van der Waals surface area contributed by atoms with E-state index in [4.69, 9.17) is 0 Å². The molecule has 3 rings (SSSR count). The van der Waals surface area contributed by atoms with Crippen LogP contribution in [-0.2, 0) is 9.59 Å². The van der Waals surface area contributed by atoms with Gasteiger partial charge in [0, 0.05) is 11.1 Å². The zero-order valence-electron chi connectivity index (χ0n) is 21.6. The predicted octanol–water partition coefficient (Wildman–Crippen LogP) is -3.46. The van der Waals surface area contributed by atoms with E-state index in [1.807, 2.05) is 42.3 Å². The van der Waals surface area contributed by atoms with Gasteiger partial charge in [0.1, 0.15) is 0 Å². The number of fused-ring (bicyclic) bond motifs is 2. The van der Waals surface area contributed by atoms with E-state index in [2.05, 4.69) is 10.6 Å². The van der Waals surface area contributed by atoms with Crippen molar-refractivity contribution >= 4 is 34.8 Å². The minimum absolute atomic E-state index is 0. The molecule has 196 valence electrons. The van der Waals surface area contributed by atoms with E-state index < -0.39 is 0 Å². The number of hydrogen-bond donors (Lipinski definition) is 2. The second-order valence-electron chi connectivity index (χ2n) is 10.7. The van der Waals surface area contributed by atoms with Crippen molar-refractivity contribution in [1.82, 2.24) is 0 Å². The largest absolute Gasteiger partial charge is 1.00 e. The van der Waals surface area contributed by atoms with Crippen molar-refractivity contribution in [2.45, 2.75) is 12.8 Å². The molecule has 1 aliphatic rings. The summed E-state index contributed by atoms with van der Waals surface area (Å²) in [6.45, 7) is 1.23. The van der Waals surface area contributed by atoms with Gasteiger partial charge in [-0.3, -0.25) is 19.2 Å². The average Bonchev–Trinajstić information content (AvgIpc) is 2.74. The number of anilines is 2. The Balaban J connectivity index is 0.00000324. The van der Waals surface area contributed by atoms with Crippen LogP contribution in [0.2, 0.25) is 0 Å². The highest BCUT2D eigenvalue weighted by Gasteiger charge is 2.34. The summed E-state index contributed by atoms with van der Waals surface area (Å²) in [4.78, 5) is 52.2. The molecule has 2 N–H and O–H groups in total. The molecule has 0 saturated carbocycles. The van der Waals surface area contributed by atoms with E-state index in [9.17, 15) is 19.2 Å². The Kier molecular flexibility index (Phi) is 11.2. The van der Waals surface area contributed by atoms with Crippen LogP contribution in [0.3, 0.4) is 0 Å². The number of benzene rings is 2. The lowest BCUT2D eigenvalue weighted by Gasteiger charge is -2.25. The average molecular weight is 720 g/mol. The third-order valence-electron chi connectivity index (χ3n) is 5.64. The van der Waals surface area contributed by atoms with Crippen LogP contribution >= 0.6 is 0 Å². The van der Waals surface area contributed by atoms with Crippen LogP contribution in [0.25, 0.3) is 0 Å². The number of ketones is 2. The van der Waals surface area contributed by atoms with Crippen LogP contribution in [0.15, 0.2) is 36.4 Å². The van der Waals surface area contributed by atoms with E-state index in [0.717, 1.165) is 0 Å². The molecule has 0 bridgehead atoms. The van der Waals surface area contributed by atoms with Crippen molar-refractivity contribution < 1.29 is 76.1 Å². The minimum Gasteiger partial charge on any atom is -1.00 e. The maximum atomic E-state index is 13.4. The summed E-state index contributed by atoms with van der Waals surface area (Å²) >= 11 is 0. The van der Waals surface area contributed by atoms with E-state index in [-0.39, 0.29) is 118 Å². The molecule has 8 nitrogen and oxygen atoms in total. The number of hydrogen-bond acceptors (Lipinski definition) is 4. The monoisotopic (exact) mass is 720 g/mol. The Hall–Kier alpha value is -1.90. The maximum Gasteiger partial charge on any atom is 0.230 e. The Morgan fingerprint density at radius 1 is 0.639 bits per heavy atom. The summed E-state index contributed by atoms with van der Waals surface area (Å²) < 4.78 is 1.24. The van der Waals surface area contributed by atoms with E-state index in [1.54, 1.807) is 36.4 Å². The third-order valence-corrected chi connectivity index (χ3v) is 5.64. The standard InChI is InChI=1S/C26H32N4O4.2HI/c1-29(2,3)15-13-21(31)27-19-11-12-20(28-22(32)14-16-30(4,5)6)24-23(19)25(33)17-9-7-8-10-18(17)26(24)34;;/h7-12H,13-16H2,1-6H3;2*1H. The van der Waals surface area contributed by atoms with Crippen LogP contribution in [-0.4, -0.2) is 87.7 Å². The minimum atomic E-state index is -0.352. The van der Waals surface area contributed by atoms with Gasteiger partial charge in [-0.1, -0.05) is 24.3 Å². The van der Waals surface area contributed by atoms with Gasteiger partial charge in [0.05, 0.1) is 90.7 Å². The highest BCUT2D eigenvalue weighted by atomic mass is 127. The van der Waals surface area contributed by atoms with Gasteiger partial charge in [-0.25, -0.2) is 0 Å². The van der Waals surface area contributed by atoms with Gasteiger partial charge in [0.25, 0.3) is 0 Å². The number of carbonyl (C=O) groups is 4. The predicted molar refractivity (Wildman–Crippen MR) is 132 cm³/mol. The molecule has 0 spiro atoms. The molecule has 0 atom stereocenters. The van der Waals surface area contributed by atoms with Crippen LogP contribution in [0, 0.1) is 0 Å². The Bertz CT molecular complexity index is 1080. The van der Waals surface area contributed by atoms with Gasteiger partial charge in [-0.15, -0.1) is 0 Å². The van der Waals surface area contributed by atoms with Crippen molar-refractivity contribution in [3.63, 3.8) is 0 Å². The fraction of sp³-hybridized carbons (Fsp3) is 0.385. The summed E-state index contributed by atoms with van der Waals surface area (Å²) in [6, 6.07) is 9.77. The number of carbonyl (C=O) groups excluding carboxylic acids is 4. The zero-order valence-corrected chi connectivity index (χ0v) is 25.9. The van der Waals surface area contributed by atoms with Crippen molar-refractivity contribution in [3.05, 3.63) is 58.7 Å². The summed E-state index contributed by atoms with van der Waals surface area (Å²) in [5.41, 5.74) is 1.36. The number of quaternary nitrogens is 2. The Morgan fingerprint density at radius 2 is 0.972 bits per heavy atom. The molecular weight excluding hydrogens is 686 g/mol. The van der Waals surface area contributed by atoms with E-state index >= 15 is 0 Å². The first-order valence-electron chi connectivity index (χ1n) is 11.3. The molecule has 0 heterocycles. The van der Waals surface area contributed by atoms with Crippen molar-refractivity contribution in [2.24, 2.45) is 0 Å². The second kappa shape index (κ2) is 12.6. The molecule has 0 fully saturated rings. The first-order valence-corrected chi connectivity index (χ1v) is 11.3. The quantitative estimate of drug-likeness (QED) is 0.187. The number of amides is 2. The van der Waals surface area contributed by atoms with Crippen molar-refractivity contribution in [3.8, 4) is 0 Å². The van der Waals surface area contributed by atoms with Gasteiger partial charge in [0.2, 0.25) is 11.8 Å². The lowest BCUT2D eigenvalue weighted by molar-refractivity contribution is -0.869. The van der Waals surface area contributed by atoms with Crippen molar-refractivity contribution in [2.75, 3.05) is 66.0 Å². The maximum absolute atomic E-state index is 13.4. The summed E-state index contributed by atoms with van der Waals surface area (Å²) in [5, 5.41) is 5.63. The molecule has 36 heavy (non-hydrogen) atoms. The molecular formula is C26H34I2N4O4. The van der Waals surface area contributed by atoms with Gasteiger partial charge in [0.15, 0.2) is 11.6 Å². The Morgan fingerprint density at radius 3 is 1.28 bits per heavy atom. The lowest BCUT2D eigenvalue weighted by atomic mass is 9.82. The van der Waals surface area contributed by atoms with Crippen LogP contribution in [0.4, 0.5) is 11.4 Å². The van der Waals surface area contributed by atoms with Gasteiger partial charge in [-0.2, -0.15) is 0 Å². The lowest BCUT2D eigenvalue weighted by Crippen LogP contribution is -3.00. The molecule has 0 aliphatic heterocycles. The third kappa shape index (κ3) is 8.05. The molecule has 0 unspecified atom stereocenters. The van der Waals surface area contributed by atoms with Crippen LogP contribution in [0.5, 0.6) is 0 Å². The number of rotatable bonds is 8. The van der Waals surface area contributed by atoms with Crippen LogP contribution < -0.4 is 58.6 Å². The normalized spacial score (nSPS) is 12.5. The summed E-state index contributed by atoms with van der Waals surface area (Å²) in [7, 11) is 11.9. The molecule has 0 saturated heterocycles. The van der Waals surface area contributed by atoms with E-state index in [1.165, 1.54) is 0 Å². The van der Waals surface area contributed by atoms with Gasteiger partial charge < -0.3 is 67.6 Å².